The van der Waals surface area contributed by atoms with E-state index in [1.807, 2.05) is 43.3 Å². The Morgan fingerprint density at radius 2 is 1.83 bits per heavy atom. The highest BCUT2D eigenvalue weighted by molar-refractivity contribution is 5.91. The lowest BCUT2D eigenvalue weighted by Crippen LogP contribution is -2.34. The maximum atomic E-state index is 12.5. The van der Waals surface area contributed by atoms with Crippen molar-refractivity contribution in [2.45, 2.75) is 32.9 Å². The number of hydrogen-bond donors (Lipinski definition) is 0. The van der Waals surface area contributed by atoms with Crippen LogP contribution in [0.5, 0.6) is 0 Å². The number of likely N-dealkylation sites (tertiary alicyclic amines) is 1. The van der Waals surface area contributed by atoms with E-state index in [9.17, 15) is 14.4 Å². The molecule has 152 valence electrons. The molecule has 2 aromatic carbocycles. The second-order valence-electron chi connectivity index (χ2n) is 7.09. The number of esters is 1. The molecule has 0 atom stereocenters. The summed E-state index contributed by atoms with van der Waals surface area (Å²) in [6, 6.07) is 16.7. The molecular weight excluding hydrogens is 368 g/mol. The molecule has 6 nitrogen and oxygen atoms in total. The molecule has 0 N–H and O–H groups in total. The third-order valence-electron chi connectivity index (χ3n) is 4.98. The highest BCUT2D eigenvalue weighted by Gasteiger charge is 2.21. The van der Waals surface area contributed by atoms with E-state index in [1.165, 1.54) is 0 Å². The predicted molar refractivity (Wildman–Crippen MR) is 109 cm³/mol. The van der Waals surface area contributed by atoms with E-state index in [4.69, 9.17) is 4.74 Å². The van der Waals surface area contributed by atoms with Crippen molar-refractivity contribution in [3.05, 3.63) is 71.3 Å². The third kappa shape index (κ3) is 5.67. The molecule has 2 aromatic rings. The van der Waals surface area contributed by atoms with Crippen molar-refractivity contribution in [2.24, 2.45) is 0 Å². The minimum atomic E-state index is -0.538. The highest BCUT2D eigenvalue weighted by atomic mass is 16.5. The number of amides is 2. The first-order valence-electron chi connectivity index (χ1n) is 9.92. The molecule has 0 unspecified atom stereocenters. The molecule has 1 fully saturated rings. The molecule has 29 heavy (non-hydrogen) atoms. The summed E-state index contributed by atoms with van der Waals surface area (Å²) in [7, 11) is 0. The van der Waals surface area contributed by atoms with Crippen molar-refractivity contribution in [1.29, 1.82) is 0 Å². The fourth-order valence-corrected chi connectivity index (χ4v) is 3.37. The van der Waals surface area contributed by atoms with Gasteiger partial charge < -0.3 is 14.5 Å². The van der Waals surface area contributed by atoms with Gasteiger partial charge in [-0.1, -0.05) is 42.5 Å². The topological polar surface area (TPSA) is 66.9 Å². The Balaban J connectivity index is 1.54. The lowest BCUT2D eigenvalue weighted by atomic mass is 10.1. The van der Waals surface area contributed by atoms with Crippen molar-refractivity contribution < 1.29 is 19.1 Å². The monoisotopic (exact) mass is 394 g/mol. The summed E-state index contributed by atoms with van der Waals surface area (Å²) < 4.78 is 5.25. The molecule has 0 aromatic heterocycles. The van der Waals surface area contributed by atoms with Crippen LogP contribution in [0.4, 0.5) is 0 Å². The molecule has 6 heteroatoms. The first-order valence-corrected chi connectivity index (χ1v) is 9.92. The number of likely N-dealkylation sites (N-methyl/N-ethyl adjacent to an activating group) is 1. The second-order valence-corrected chi connectivity index (χ2v) is 7.09. The van der Waals surface area contributed by atoms with Crippen LogP contribution in [-0.4, -0.2) is 47.3 Å². The van der Waals surface area contributed by atoms with Gasteiger partial charge in [-0.3, -0.25) is 9.59 Å². The molecule has 0 aliphatic carbocycles. The van der Waals surface area contributed by atoms with E-state index in [0.717, 1.165) is 24.1 Å². The highest BCUT2D eigenvalue weighted by Crippen LogP contribution is 2.15. The van der Waals surface area contributed by atoms with Crippen molar-refractivity contribution in [3.8, 4) is 0 Å². The quantitative estimate of drug-likeness (QED) is 0.646. The first-order chi connectivity index (χ1) is 14.1. The Labute approximate surface area is 171 Å². The Bertz CT molecular complexity index is 866. The van der Waals surface area contributed by atoms with Crippen LogP contribution in [0.2, 0.25) is 0 Å². The van der Waals surface area contributed by atoms with E-state index in [2.05, 4.69) is 0 Å². The van der Waals surface area contributed by atoms with E-state index >= 15 is 0 Å². The molecule has 1 aliphatic heterocycles. The van der Waals surface area contributed by atoms with Gasteiger partial charge >= 0.3 is 5.97 Å². The van der Waals surface area contributed by atoms with E-state index in [-0.39, 0.29) is 18.4 Å². The Morgan fingerprint density at radius 1 is 1.07 bits per heavy atom. The molecule has 3 rings (SSSR count). The van der Waals surface area contributed by atoms with Gasteiger partial charge in [0, 0.05) is 32.6 Å². The average Bonchev–Trinajstić information content (AvgIpc) is 3.15. The van der Waals surface area contributed by atoms with Gasteiger partial charge in [0.25, 0.3) is 5.91 Å². The summed E-state index contributed by atoms with van der Waals surface area (Å²) in [6.45, 7) is 3.84. The fourth-order valence-electron chi connectivity index (χ4n) is 3.37. The van der Waals surface area contributed by atoms with Gasteiger partial charge in [-0.05, 0) is 36.6 Å². The van der Waals surface area contributed by atoms with Crippen LogP contribution < -0.4 is 0 Å². The number of ether oxygens (including phenoxy) is 1. The zero-order valence-corrected chi connectivity index (χ0v) is 16.7. The van der Waals surface area contributed by atoms with Crippen molar-refractivity contribution >= 4 is 17.8 Å². The van der Waals surface area contributed by atoms with Gasteiger partial charge in [-0.25, -0.2) is 4.79 Å². The summed E-state index contributed by atoms with van der Waals surface area (Å²) in [5.41, 5.74) is 2.28. The molecule has 1 heterocycles. The van der Waals surface area contributed by atoms with Crippen LogP contribution in [0.25, 0.3) is 0 Å². The molecule has 0 bridgehead atoms. The van der Waals surface area contributed by atoms with Gasteiger partial charge in [0.05, 0.1) is 5.56 Å². The number of benzene rings is 2. The number of carbonyl (C=O) groups is 3. The van der Waals surface area contributed by atoms with Gasteiger partial charge in [0.2, 0.25) is 5.91 Å². The smallest absolute Gasteiger partial charge is 0.338 e. The summed E-state index contributed by atoms with van der Waals surface area (Å²) in [5, 5.41) is 0. The first kappa shape index (κ1) is 20.6. The van der Waals surface area contributed by atoms with E-state index in [0.29, 0.717) is 31.6 Å². The van der Waals surface area contributed by atoms with E-state index < -0.39 is 5.97 Å². The minimum Gasteiger partial charge on any atom is -0.452 e. The predicted octanol–water partition coefficient (Wildman–Crippen LogP) is 3.01. The minimum absolute atomic E-state index is 0.140. The zero-order valence-electron chi connectivity index (χ0n) is 16.7. The van der Waals surface area contributed by atoms with Crippen LogP contribution in [-0.2, 0) is 27.4 Å². The largest absolute Gasteiger partial charge is 0.452 e. The number of rotatable bonds is 8. The maximum Gasteiger partial charge on any atom is 0.338 e. The van der Waals surface area contributed by atoms with E-state index in [1.54, 1.807) is 28.0 Å². The molecule has 0 radical (unpaired) electrons. The van der Waals surface area contributed by atoms with Crippen molar-refractivity contribution in [1.82, 2.24) is 9.80 Å². The third-order valence-corrected chi connectivity index (χ3v) is 4.98. The molecule has 0 saturated carbocycles. The van der Waals surface area contributed by atoms with Crippen LogP contribution in [0.15, 0.2) is 54.6 Å². The number of hydrogen-bond acceptors (Lipinski definition) is 4. The normalized spacial score (nSPS) is 13.4. The van der Waals surface area contributed by atoms with Gasteiger partial charge in [0.1, 0.15) is 0 Å². The second kappa shape index (κ2) is 9.87. The lowest BCUT2D eigenvalue weighted by molar-refractivity contribution is -0.135. The van der Waals surface area contributed by atoms with Crippen LogP contribution in [0.1, 0.15) is 41.3 Å². The van der Waals surface area contributed by atoms with Gasteiger partial charge in [-0.2, -0.15) is 0 Å². The molecule has 1 saturated heterocycles. The lowest BCUT2D eigenvalue weighted by Gasteiger charge is -2.21. The summed E-state index contributed by atoms with van der Waals surface area (Å²) in [4.78, 5) is 40.1. The fraction of sp³-hybridized carbons (Fsp3) is 0.348. The summed E-state index contributed by atoms with van der Waals surface area (Å²) in [5.74, 6) is -0.631. The van der Waals surface area contributed by atoms with Crippen LogP contribution >= 0.6 is 0 Å². The van der Waals surface area contributed by atoms with Crippen LogP contribution in [0, 0.1) is 0 Å². The van der Waals surface area contributed by atoms with Gasteiger partial charge in [-0.15, -0.1) is 0 Å². The Morgan fingerprint density at radius 3 is 2.52 bits per heavy atom. The maximum absolute atomic E-state index is 12.5. The SMILES string of the molecule is CCN(Cc1ccccc1)C(=O)COC(=O)c1cccc(CN2CCCC2=O)c1. The van der Waals surface area contributed by atoms with Crippen molar-refractivity contribution in [3.63, 3.8) is 0 Å². The Kier molecular flexibility index (Phi) is 7.00. The van der Waals surface area contributed by atoms with Crippen molar-refractivity contribution in [2.75, 3.05) is 19.7 Å². The number of carbonyl (C=O) groups excluding carboxylic acids is 3. The average molecular weight is 394 g/mol. The molecule has 0 spiro atoms. The molecular formula is C23H26N2O4. The molecule has 2 amide bonds. The molecule has 1 aliphatic rings. The standard InChI is InChI=1S/C23H26N2O4/c1-2-24(15-18-8-4-3-5-9-18)22(27)17-29-23(28)20-11-6-10-19(14-20)16-25-13-7-12-21(25)26/h3-6,8-11,14H,2,7,12-13,15-17H2,1H3. The number of nitrogens with zero attached hydrogens (tertiary/aromatic N) is 2. The Hall–Kier alpha value is -3.15. The van der Waals surface area contributed by atoms with Gasteiger partial charge in [0.15, 0.2) is 6.61 Å². The zero-order chi connectivity index (χ0) is 20.6. The summed E-state index contributed by atoms with van der Waals surface area (Å²) >= 11 is 0. The van der Waals surface area contributed by atoms with Crippen LogP contribution in [0.3, 0.4) is 0 Å². The summed E-state index contributed by atoms with van der Waals surface area (Å²) in [6.07, 6.45) is 1.46.